The predicted molar refractivity (Wildman–Crippen MR) is 70.3 cm³/mol. The maximum absolute atomic E-state index is 13.1. The van der Waals surface area contributed by atoms with E-state index in [4.69, 9.17) is 9.15 Å². The smallest absolute Gasteiger partial charge is 0.196 e. The quantitative estimate of drug-likeness (QED) is 0.779. The minimum absolute atomic E-state index is 0.281. The highest BCUT2D eigenvalue weighted by Crippen LogP contribution is 2.20. The van der Waals surface area contributed by atoms with Crippen LogP contribution in [0.2, 0.25) is 0 Å². The van der Waals surface area contributed by atoms with Crippen LogP contribution < -0.4 is 5.32 Å². The average Bonchev–Trinajstić information content (AvgIpc) is 2.87. The molecule has 0 saturated heterocycles. The van der Waals surface area contributed by atoms with Gasteiger partial charge in [0, 0.05) is 32.2 Å². The average molecular weight is 264 g/mol. The van der Waals surface area contributed by atoms with Gasteiger partial charge in [0.05, 0.1) is 12.8 Å². The summed E-state index contributed by atoms with van der Waals surface area (Å²) in [4.78, 5) is 4.18. The lowest BCUT2D eigenvalue weighted by Gasteiger charge is -2.01. The summed E-state index contributed by atoms with van der Waals surface area (Å²) in [5.74, 6) is 0.951. The molecule has 5 heteroatoms. The first-order valence-electron chi connectivity index (χ1n) is 6.20. The van der Waals surface area contributed by atoms with Gasteiger partial charge in [-0.25, -0.2) is 9.37 Å². The number of benzene rings is 1. The number of nitrogens with one attached hydrogen (secondary N) is 1. The number of hydrogen-bond acceptors (Lipinski definition) is 4. The molecule has 0 bridgehead atoms. The van der Waals surface area contributed by atoms with Crippen molar-refractivity contribution in [3.8, 4) is 11.3 Å². The molecule has 0 aliphatic carbocycles. The van der Waals surface area contributed by atoms with Crippen LogP contribution in [0.3, 0.4) is 0 Å². The second kappa shape index (κ2) is 7.01. The van der Waals surface area contributed by atoms with E-state index in [1.165, 1.54) is 12.1 Å². The SMILES string of the molecule is COCCNCCc1ncc(-c2cccc(F)c2)o1. The minimum Gasteiger partial charge on any atom is -0.441 e. The molecule has 1 aromatic heterocycles. The van der Waals surface area contributed by atoms with Gasteiger partial charge in [-0.2, -0.15) is 0 Å². The summed E-state index contributed by atoms with van der Waals surface area (Å²) in [6.45, 7) is 2.25. The van der Waals surface area contributed by atoms with Crippen molar-refractivity contribution in [1.82, 2.24) is 10.3 Å². The summed E-state index contributed by atoms with van der Waals surface area (Å²) in [6.07, 6.45) is 2.32. The fourth-order valence-electron chi connectivity index (χ4n) is 1.70. The summed E-state index contributed by atoms with van der Waals surface area (Å²) in [5.41, 5.74) is 0.700. The Morgan fingerprint density at radius 2 is 2.26 bits per heavy atom. The van der Waals surface area contributed by atoms with Crippen LogP contribution >= 0.6 is 0 Å². The fraction of sp³-hybridized carbons (Fsp3) is 0.357. The van der Waals surface area contributed by atoms with Crippen molar-refractivity contribution in [2.45, 2.75) is 6.42 Å². The molecule has 0 amide bonds. The Balaban J connectivity index is 1.88. The second-order valence-electron chi connectivity index (χ2n) is 4.12. The first kappa shape index (κ1) is 13.7. The molecule has 0 aliphatic rings. The van der Waals surface area contributed by atoms with E-state index in [2.05, 4.69) is 10.3 Å². The Morgan fingerprint density at radius 3 is 3.05 bits per heavy atom. The lowest BCUT2D eigenvalue weighted by atomic mass is 10.2. The number of nitrogens with zero attached hydrogens (tertiary/aromatic N) is 1. The zero-order valence-corrected chi connectivity index (χ0v) is 10.9. The van der Waals surface area contributed by atoms with Gasteiger partial charge in [0.1, 0.15) is 5.82 Å². The summed E-state index contributed by atoms with van der Waals surface area (Å²) < 4.78 is 23.6. The molecule has 0 fully saturated rings. The Hall–Kier alpha value is -1.72. The number of halogens is 1. The zero-order valence-electron chi connectivity index (χ0n) is 10.9. The maximum atomic E-state index is 13.1. The normalized spacial score (nSPS) is 10.8. The van der Waals surface area contributed by atoms with Crippen molar-refractivity contribution in [3.05, 3.63) is 42.2 Å². The van der Waals surface area contributed by atoms with Gasteiger partial charge < -0.3 is 14.5 Å². The second-order valence-corrected chi connectivity index (χ2v) is 4.12. The molecule has 1 heterocycles. The molecule has 1 aromatic carbocycles. The third-order valence-electron chi connectivity index (χ3n) is 2.66. The maximum Gasteiger partial charge on any atom is 0.196 e. The summed E-state index contributed by atoms with van der Waals surface area (Å²) in [5, 5.41) is 3.21. The lowest BCUT2D eigenvalue weighted by molar-refractivity contribution is 0.199. The highest BCUT2D eigenvalue weighted by Gasteiger charge is 2.06. The summed E-state index contributed by atoms with van der Waals surface area (Å²) >= 11 is 0. The van der Waals surface area contributed by atoms with Crippen LogP contribution in [0.1, 0.15) is 5.89 Å². The van der Waals surface area contributed by atoms with Crippen LogP contribution in [0.25, 0.3) is 11.3 Å². The van der Waals surface area contributed by atoms with E-state index in [0.717, 1.165) is 13.1 Å². The molecule has 0 radical (unpaired) electrons. The van der Waals surface area contributed by atoms with Gasteiger partial charge >= 0.3 is 0 Å². The van der Waals surface area contributed by atoms with E-state index in [-0.39, 0.29) is 5.82 Å². The molecule has 102 valence electrons. The predicted octanol–water partition coefficient (Wildman–Crippen LogP) is 2.26. The summed E-state index contributed by atoms with van der Waals surface area (Å²) in [6, 6.07) is 6.28. The molecule has 1 N–H and O–H groups in total. The van der Waals surface area contributed by atoms with E-state index in [9.17, 15) is 4.39 Å². The Kier molecular flexibility index (Phi) is 5.06. The van der Waals surface area contributed by atoms with Crippen molar-refractivity contribution in [2.75, 3.05) is 26.8 Å². The standard InChI is InChI=1S/C14H17FN2O2/c1-18-8-7-16-6-5-14-17-10-13(19-14)11-3-2-4-12(15)9-11/h2-4,9-10,16H,5-8H2,1H3. The zero-order chi connectivity index (χ0) is 13.5. The molecule has 2 aromatic rings. The molecule has 0 spiro atoms. The van der Waals surface area contributed by atoms with E-state index in [0.29, 0.717) is 30.2 Å². The monoisotopic (exact) mass is 264 g/mol. The van der Waals surface area contributed by atoms with Crippen molar-refractivity contribution in [3.63, 3.8) is 0 Å². The molecule has 0 atom stereocenters. The van der Waals surface area contributed by atoms with Gasteiger partial charge in [0.15, 0.2) is 11.7 Å². The molecule has 0 aliphatic heterocycles. The first-order valence-corrected chi connectivity index (χ1v) is 6.20. The van der Waals surface area contributed by atoms with E-state index in [1.807, 2.05) is 0 Å². The number of methoxy groups -OCH3 is 1. The van der Waals surface area contributed by atoms with Crippen LogP contribution in [0.15, 0.2) is 34.9 Å². The van der Waals surface area contributed by atoms with Crippen molar-refractivity contribution < 1.29 is 13.5 Å². The Morgan fingerprint density at radius 1 is 1.37 bits per heavy atom. The van der Waals surface area contributed by atoms with Crippen LogP contribution in [-0.4, -0.2) is 31.8 Å². The molecular weight excluding hydrogens is 247 g/mol. The van der Waals surface area contributed by atoms with E-state index in [1.54, 1.807) is 25.4 Å². The highest BCUT2D eigenvalue weighted by atomic mass is 19.1. The molecule has 4 nitrogen and oxygen atoms in total. The lowest BCUT2D eigenvalue weighted by Crippen LogP contribution is -2.21. The van der Waals surface area contributed by atoms with Crippen molar-refractivity contribution >= 4 is 0 Å². The van der Waals surface area contributed by atoms with Crippen LogP contribution in [0, 0.1) is 5.82 Å². The van der Waals surface area contributed by atoms with Gasteiger partial charge in [-0.05, 0) is 12.1 Å². The highest BCUT2D eigenvalue weighted by molar-refractivity contribution is 5.56. The number of ether oxygens (including phenoxy) is 1. The minimum atomic E-state index is -0.281. The van der Waals surface area contributed by atoms with E-state index < -0.39 is 0 Å². The van der Waals surface area contributed by atoms with Gasteiger partial charge in [-0.15, -0.1) is 0 Å². The molecule has 0 saturated carbocycles. The van der Waals surface area contributed by atoms with Gasteiger partial charge in [0.2, 0.25) is 0 Å². The molecule has 0 unspecified atom stereocenters. The largest absolute Gasteiger partial charge is 0.441 e. The number of aromatic nitrogens is 1. The topological polar surface area (TPSA) is 47.3 Å². The van der Waals surface area contributed by atoms with Crippen LogP contribution in [0.4, 0.5) is 4.39 Å². The van der Waals surface area contributed by atoms with Crippen molar-refractivity contribution in [1.29, 1.82) is 0 Å². The van der Waals surface area contributed by atoms with E-state index >= 15 is 0 Å². The Bertz CT molecular complexity index is 514. The Labute approximate surface area is 111 Å². The molecule has 19 heavy (non-hydrogen) atoms. The third-order valence-corrected chi connectivity index (χ3v) is 2.66. The molecule has 2 rings (SSSR count). The van der Waals surface area contributed by atoms with Crippen molar-refractivity contribution in [2.24, 2.45) is 0 Å². The number of rotatable bonds is 7. The number of oxazole rings is 1. The third kappa shape index (κ3) is 4.15. The van der Waals surface area contributed by atoms with Crippen LogP contribution in [0.5, 0.6) is 0 Å². The molecular formula is C14H17FN2O2. The first-order chi connectivity index (χ1) is 9.29. The van der Waals surface area contributed by atoms with Gasteiger partial charge in [0.25, 0.3) is 0 Å². The van der Waals surface area contributed by atoms with Gasteiger partial charge in [-0.1, -0.05) is 12.1 Å². The van der Waals surface area contributed by atoms with Gasteiger partial charge in [-0.3, -0.25) is 0 Å². The summed E-state index contributed by atoms with van der Waals surface area (Å²) in [7, 11) is 1.67. The number of hydrogen-bond donors (Lipinski definition) is 1. The van der Waals surface area contributed by atoms with Crippen LogP contribution in [-0.2, 0) is 11.2 Å². The fourth-order valence-corrected chi connectivity index (χ4v) is 1.70.